The number of esters is 1. The van der Waals surface area contributed by atoms with E-state index in [4.69, 9.17) is 14.6 Å². The van der Waals surface area contributed by atoms with E-state index in [1.54, 1.807) is 37.4 Å². The molecule has 1 aliphatic heterocycles. The summed E-state index contributed by atoms with van der Waals surface area (Å²) in [5.74, 6) is -0.358. The second-order valence-corrected chi connectivity index (χ2v) is 7.82. The first-order valence-electron chi connectivity index (χ1n) is 7.18. The molecular weight excluding hydrogens is 410 g/mol. The number of rotatable bonds is 4. The van der Waals surface area contributed by atoms with Crippen LogP contribution >= 0.6 is 15.9 Å². The lowest BCUT2D eigenvalue weighted by molar-refractivity contribution is -0.136. The summed E-state index contributed by atoms with van der Waals surface area (Å²) in [4.78, 5) is 12.2. The second-order valence-electron chi connectivity index (χ2n) is 5.41. The number of benzene rings is 2. The van der Waals surface area contributed by atoms with Crippen molar-refractivity contribution < 1.29 is 22.7 Å². The minimum absolute atomic E-state index is 0.00540. The van der Waals surface area contributed by atoms with Crippen molar-refractivity contribution in [3.63, 3.8) is 0 Å². The summed E-state index contributed by atoms with van der Waals surface area (Å²) < 4.78 is 33.7. The third-order valence-electron chi connectivity index (χ3n) is 3.87. The molecule has 0 aromatic heterocycles. The van der Waals surface area contributed by atoms with Gasteiger partial charge in [-0.15, -0.1) is 0 Å². The molecule has 25 heavy (non-hydrogen) atoms. The van der Waals surface area contributed by atoms with Crippen molar-refractivity contribution in [3.05, 3.63) is 64.3 Å². The molecule has 2 aromatic rings. The second kappa shape index (κ2) is 6.62. The fourth-order valence-electron chi connectivity index (χ4n) is 2.63. The van der Waals surface area contributed by atoms with E-state index in [1.807, 2.05) is 0 Å². The molecule has 0 saturated heterocycles. The van der Waals surface area contributed by atoms with E-state index in [2.05, 4.69) is 15.9 Å². The summed E-state index contributed by atoms with van der Waals surface area (Å²) in [5.41, 5.74) is 2.05. The first-order chi connectivity index (χ1) is 11.8. The van der Waals surface area contributed by atoms with Gasteiger partial charge in [-0.3, -0.25) is 4.79 Å². The Morgan fingerprint density at radius 2 is 1.84 bits per heavy atom. The number of sulfonamides is 1. The van der Waals surface area contributed by atoms with E-state index in [1.165, 1.54) is 18.4 Å². The van der Waals surface area contributed by atoms with E-state index in [0.29, 0.717) is 16.9 Å². The Morgan fingerprint density at radius 1 is 1.16 bits per heavy atom. The Morgan fingerprint density at radius 3 is 2.40 bits per heavy atom. The molecule has 0 saturated carbocycles. The first kappa shape index (κ1) is 17.7. The van der Waals surface area contributed by atoms with Gasteiger partial charge in [0.2, 0.25) is 10.0 Å². The van der Waals surface area contributed by atoms with Crippen LogP contribution in [-0.4, -0.2) is 21.5 Å². The molecule has 0 bridgehead atoms. The zero-order valence-electron chi connectivity index (χ0n) is 13.1. The maximum absolute atomic E-state index is 12.2. The zero-order valence-corrected chi connectivity index (χ0v) is 15.5. The Bertz CT molecular complexity index is 967. The van der Waals surface area contributed by atoms with Crippen LogP contribution in [0.2, 0.25) is 0 Å². The number of carbonyl (C=O) groups is 1. The van der Waals surface area contributed by atoms with Gasteiger partial charge in [0, 0.05) is 5.57 Å². The molecule has 2 aromatic carbocycles. The lowest BCUT2D eigenvalue weighted by Gasteiger charge is -2.14. The predicted molar refractivity (Wildman–Crippen MR) is 95.3 cm³/mol. The molecule has 6 nitrogen and oxygen atoms in total. The number of ether oxygens (including phenoxy) is 2. The summed E-state index contributed by atoms with van der Waals surface area (Å²) >= 11 is 3.40. The van der Waals surface area contributed by atoms with E-state index in [-0.39, 0.29) is 4.90 Å². The Labute approximate surface area is 153 Å². The summed E-state index contributed by atoms with van der Waals surface area (Å²) in [7, 11) is -2.21. The maximum Gasteiger partial charge on any atom is 0.322 e. The minimum atomic E-state index is -3.77. The van der Waals surface area contributed by atoms with Crippen LogP contribution < -0.4 is 9.88 Å². The fourth-order valence-corrected chi connectivity index (χ4v) is 3.71. The highest BCUT2D eigenvalue weighted by Crippen LogP contribution is 2.40. The van der Waals surface area contributed by atoms with Crippen LogP contribution in [0.1, 0.15) is 17.0 Å². The van der Waals surface area contributed by atoms with Crippen molar-refractivity contribution in [2.24, 2.45) is 5.14 Å². The van der Waals surface area contributed by atoms with Crippen LogP contribution in [0.5, 0.6) is 5.75 Å². The standard InChI is InChI=1S/C17H14BrNO5S/c1-23-15-7-4-11(8-14(15)18)16-13(9-24-17(16)20)10-2-5-12(6-3-10)25(19,21)22/h2-9,16H,1H3,(H2,19,21,22). The smallest absolute Gasteiger partial charge is 0.322 e. The number of halogens is 1. The van der Waals surface area contributed by atoms with Gasteiger partial charge >= 0.3 is 5.97 Å². The first-order valence-corrected chi connectivity index (χ1v) is 9.52. The monoisotopic (exact) mass is 423 g/mol. The number of nitrogens with two attached hydrogens (primary N) is 1. The molecule has 130 valence electrons. The van der Waals surface area contributed by atoms with E-state index in [9.17, 15) is 13.2 Å². The molecule has 3 rings (SSSR count). The number of hydrogen-bond acceptors (Lipinski definition) is 5. The van der Waals surface area contributed by atoms with Gasteiger partial charge in [-0.1, -0.05) is 18.2 Å². The van der Waals surface area contributed by atoms with E-state index in [0.717, 1.165) is 10.0 Å². The normalized spacial score (nSPS) is 17.2. The highest BCUT2D eigenvalue weighted by molar-refractivity contribution is 9.10. The van der Waals surface area contributed by atoms with Crippen LogP contribution in [-0.2, 0) is 19.6 Å². The molecule has 1 unspecified atom stereocenters. The molecule has 0 amide bonds. The number of methoxy groups -OCH3 is 1. The lowest BCUT2D eigenvalue weighted by atomic mass is 9.89. The topological polar surface area (TPSA) is 95.7 Å². The molecule has 1 atom stereocenters. The average molecular weight is 424 g/mol. The van der Waals surface area contributed by atoms with Gasteiger partial charge < -0.3 is 9.47 Å². The molecule has 0 radical (unpaired) electrons. The van der Waals surface area contributed by atoms with Crippen LogP contribution in [0.25, 0.3) is 5.57 Å². The van der Waals surface area contributed by atoms with Crippen molar-refractivity contribution in [1.29, 1.82) is 0 Å². The third kappa shape index (κ3) is 3.46. The largest absolute Gasteiger partial charge is 0.496 e. The lowest BCUT2D eigenvalue weighted by Crippen LogP contribution is -2.12. The molecule has 0 fully saturated rings. The van der Waals surface area contributed by atoms with Gasteiger partial charge in [0.25, 0.3) is 0 Å². The summed E-state index contributed by atoms with van der Waals surface area (Å²) in [6, 6.07) is 11.3. The van der Waals surface area contributed by atoms with Gasteiger partial charge in [0.05, 0.1) is 22.7 Å². The highest BCUT2D eigenvalue weighted by Gasteiger charge is 2.33. The summed E-state index contributed by atoms with van der Waals surface area (Å²) in [6.07, 6.45) is 1.39. The van der Waals surface area contributed by atoms with Crippen LogP contribution in [0, 0.1) is 0 Å². The average Bonchev–Trinajstić information content (AvgIpc) is 2.95. The highest BCUT2D eigenvalue weighted by atomic mass is 79.9. The summed E-state index contributed by atoms with van der Waals surface area (Å²) in [5, 5.41) is 5.11. The SMILES string of the molecule is COc1ccc(C2C(=O)OC=C2c2ccc(S(N)(=O)=O)cc2)cc1Br. The van der Waals surface area contributed by atoms with Gasteiger partial charge in [-0.2, -0.15) is 0 Å². The van der Waals surface area contributed by atoms with Gasteiger partial charge in [-0.05, 0) is 51.3 Å². The number of cyclic esters (lactones) is 1. The van der Waals surface area contributed by atoms with Gasteiger partial charge in [0.15, 0.2) is 0 Å². The van der Waals surface area contributed by atoms with Crippen molar-refractivity contribution in [1.82, 2.24) is 0 Å². The molecule has 0 spiro atoms. The Kier molecular flexibility index (Phi) is 4.68. The van der Waals surface area contributed by atoms with Gasteiger partial charge in [-0.25, -0.2) is 13.6 Å². The molecule has 0 aliphatic carbocycles. The van der Waals surface area contributed by atoms with Crippen LogP contribution in [0.4, 0.5) is 0 Å². The van der Waals surface area contributed by atoms with Gasteiger partial charge in [0.1, 0.15) is 11.7 Å². The summed E-state index contributed by atoms with van der Waals surface area (Å²) in [6.45, 7) is 0. The number of carbonyl (C=O) groups excluding carboxylic acids is 1. The fraction of sp³-hybridized carbons (Fsp3) is 0.118. The third-order valence-corrected chi connectivity index (χ3v) is 5.42. The van der Waals surface area contributed by atoms with E-state index >= 15 is 0 Å². The van der Waals surface area contributed by atoms with Crippen molar-refractivity contribution in [2.75, 3.05) is 7.11 Å². The molecule has 1 heterocycles. The molecule has 1 aliphatic rings. The van der Waals surface area contributed by atoms with Crippen molar-refractivity contribution in [2.45, 2.75) is 10.8 Å². The zero-order chi connectivity index (χ0) is 18.2. The van der Waals surface area contributed by atoms with Crippen LogP contribution in [0.3, 0.4) is 0 Å². The molecular formula is C17H14BrNO5S. The van der Waals surface area contributed by atoms with Crippen molar-refractivity contribution in [3.8, 4) is 5.75 Å². The molecule has 8 heteroatoms. The number of hydrogen-bond donors (Lipinski definition) is 1. The molecule has 2 N–H and O–H groups in total. The Hall–Kier alpha value is -2.16. The number of primary sulfonamides is 1. The maximum atomic E-state index is 12.2. The van der Waals surface area contributed by atoms with E-state index < -0.39 is 21.9 Å². The van der Waals surface area contributed by atoms with Crippen molar-refractivity contribution >= 4 is 37.5 Å². The minimum Gasteiger partial charge on any atom is -0.496 e. The predicted octanol–water partition coefficient (Wildman–Crippen LogP) is 2.79. The Balaban J connectivity index is 1.99. The van der Waals surface area contributed by atoms with Crippen LogP contribution in [0.15, 0.2) is 58.1 Å². The quantitative estimate of drug-likeness (QED) is 0.762.